The van der Waals surface area contributed by atoms with Crippen molar-refractivity contribution in [3.05, 3.63) is 22.1 Å². The summed E-state index contributed by atoms with van der Waals surface area (Å²) in [7, 11) is 0. The molecule has 0 saturated carbocycles. The Morgan fingerprint density at radius 3 is 2.75 bits per heavy atom. The van der Waals surface area contributed by atoms with Crippen LogP contribution in [0.3, 0.4) is 0 Å². The first-order valence-corrected chi connectivity index (χ1v) is 3.55. The van der Waals surface area contributed by atoms with E-state index in [0.29, 0.717) is 18.2 Å². The lowest BCUT2D eigenvalue weighted by Gasteiger charge is -1.98. The Labute approximate surface area is 68.0 Å². The van der Waals surface area contributed by atoms with Gasteiger partial charge in [0.1, 0.15) is 6.54 Å². The molecule has 1 fully saturated rings. The molecule has 1 aromatic heterocycles. The van der Waals surface area contributed by atoms with Crippen molar-refractivity contribution in [2.45, 2.75) is 6.92 Å². The van der Waals surface area contributed by atoms with Gasteiger partial charge in [0.05, 0.1) is 0 Å². The number of carbonyl (C=O) groups excluding carboxylic acids is 1. The minimum Gasteiger partial charge on any atom is -0.292 e. The molecule has 5 nitrogen and oxygen atoms in total. The van der Waals surface area contributed by atoms with E-state index in [9.17, 15) is 9.59 Å². The summed E-state index contributed by atoms with van der Waals surface area (Å²) in [6, 6.07) is 1.39. The van der Waals surface area contributed by atoms with Gasteiger partial charge in [-0.2, -0.15) is 0 Å². The van der Waals surface area contributed by atoms with Gasteiger partial charge >= 0.3 is 0 Å². The molecular weight excluding hydrogens is 158 g/mol. The third-order valence-corrected chi connectivity index (χ3v) is 1.60. The topological polar surface area (TPSA) is 65.8 Å². The molecular formula is C7H7N3O2. The number of nitrogens with one attached hydrogen (secondary N) is 1. The van der Waals surface area contributed by atoms with Gasteiger partial charge in [0, 0.05) is 11.8 Å². The smallest absolute Gasteiger partial charge is 0.252 e. The van der Waals surface area contributed by atoms with E-state index in [-0.39, 0.29) is 11.5 Å². The first-order chi connectivity index (χ1) is 5.66. The lowest BCUT2D eigenvalue weighted by molar-refractivity contribution is -0.109. The van der Waals surface area contributed by atoms with Crippen LogP contribution in [-0.2, 0) is 4.79 Å². The molecule has 1 aliphatic heterocycles. The van der Waals surface area contributed by atoms with Crippen LogP contribution in [0.1, 0.15) is 5.69 Å². The first-order valence-electron chi connectivity index (χ1n) is 3.55. The minimum atomic E-state index is -0.225. The number of rotatable bonds is 1. The van der Waals surface area contributed by atoms with Crippen molar-refractivity contribution in [3.63, 3.8) is 0 Å². The van der Waals surface area contributed by atoms with Gasteiger partial charge in [0.15, 0.2) is 0 Å². The molecule has 1 N–H and O–H groups in total. The standard InChI is InChI=1S/C7H7N3O2/c1-4-2-5(11)9-7(8-4)10-3-6(10)12/h2H,3H2,1H3,(H,8,9,11). The van der Waals surface area contributed by atoms with Crippen LogP contribution in [0.4, 0.5) is 5.95 Å². The number of anilines is 1. The second-order valence-electron chi connectivity index (χ2n) is 2.69. The Balaban J connectivity index is 2.45. The number of hydrogen-bond donors (Lipinski definition) is 1. The van der Waals surface area contributed by atoms with Crippen molar-refractivity contribution < 1.29 is 4.79 Å². The molecule has 0 spiro atoms. The third-order valence-electron chi connectivity index (χ3n) is 1.60. The van der Waals surface area contributed by atoms with E-state index < -0.39 is 0 Å². The summed E-state index contributed by atoms with van der Waals surface area (Å²) in [6.07, 6.45) is 0. The van der Waals surface area contributed by atoms with Crippen LogP contribution >= 0.6 is 0 Å². The highest BCUT2D eigenvalue weighted by atomic mass is 16.2. The molecule has 1 amide bonds. The quantitative estimate of drug-likeness (QED) is 0.566. The fourth-order valence-corrected chi connectivity index (χ4v) is 0.984. The largest absolute Gasteiger partial charge is 0.292 e. The average Bonchev–Trinajstić information content (AvgIpc) is 2.64. The Hall–Kier alpha value is -1.65. The highest BCUT2D eigenvalue weighted by molar-refractivity contribution is 6.10. The van der Waals surface area contributed by atoms with Gasteiger partial charge < -0.3 is 0 Å². The second-order valence-corrected chi connectivity index (χ2v) is 2.69. The van der Waals surface area contributed by atoms with Gasteiger partial charge in [-0.05, 0) is 6.92 Å². The summed E-state index contributed by atoms with van der Waals surface area (Å²) in [6.45, 7) is 2.07. The van der Waals surface area contributed by atoms with E-state index in [2.05, 4.69) is 9.97 Å². The van der Waals surface area contributed by atoms with E-state index in [1.165, 1.54) is 11.0 Å². The molecule has 5 heteroatoms. The Morgan fingerprint density at radius 2 is 2.25 bits per heavy atom. The third kappa shape index (κ3) is 1.09. The summed E-state index contributed by atoms with van der Waals surface area (Å²) in [5, 5.41) is 0. The van der Waals surface area contributed by atoms with Crippen LogP contribution in [0.2, 0.25) is 0 Å². The Bertz CT molecular complexity index is 396. The highest BCUT2D eigenvalue weighted by Gasteiger charge is 2.33. The van der Waals surface area contributed by atoms with E-state index in [1.54, 1.807) is 6.92 Å². The van der Waals surface area contributed by atoms with Crippen molar-refractivity contribution in [2.24, 2.45) is 0 Å². The maximum Gasteiger partial charge on any atom is 0.252 e. The van der Waals surface area contributed by atoms with Crippen molar-refractivity contribution in [2.75, 3.05) is 11.4 Å². The van der Waals surface area contributed by atoms with E-state index in [0.717, 1.165) is 0 Å². The molecule has 1 aliphatic rings. The first kappa shape index (κ1) is 7.02. The summed E-state index contributed by atoms with van der Waals surface area (Å²) < 4.78 is 0. The van der Waals surface area contributed by atoms with Crippen LogP contribution in [0.15, 0.2) is 10.9 Å². The molecule has 0 aliphatic carbocycles. The number of amides is 1. The van der Waals surface area contributed by atoms with Gasteiger partial charge in [-0.1, -0.05) is 0 Å². The predicted molar refractivity (Wildman–Crippen MR) is 41.9 cm³/mol. The predicted octanol–water partition coefficient (Wildman–Crippen LogP) is -0.575. The van der Waals surface area contributed by atoms with Crippen LogP contribution < -0.4 is 10.5 Å². The number of aromatic amines is 1. The molecule has 2 rings (SSSR count). The van der Waals surface area contributed by atoms with E-state index in [4.69, 9.17) is 0 Å². The average molecular weight is 165 g/mol. The Morgan fingerprint density at radius 1 is 1.58 bits per heavy atom. The molecule has 62 valence electrons. The van der Waals surface area contributed by atoms with Gasteiger partial charge in [0.2, 0.25) is 11.9 Å². The maximum absolute atomic E-state index is 10.9. The van der Waals surface area contributed by atoms with Crippen molar-refractivity contribution >= 4 is 11.9 Å². The fraction of sp³-hybridized carbons (Fsp3) is 0.286. The number of H-pyrrole nitrogens is 1. The zero-order valence-electron chi connectivity index (χ0n) is 6.50. The molecule has 0 aromatic carbocycles. The highest BCUT2D eigenvalue weighted by Crippen LogP contribution is 2.15. The maximum atomic E-state index is 10.9. The van der Waals surface area contributed by atoms with Crippen molar-refractivity contribution in [3.8, 4) is 0 Å². The number of carbonyl (C=O) groups is 1. The zero-order valence-corrected chi connectivity index (χ0v) is 6.50. The SMILES string of the molecule is Cc1cc(=O)[nH]c(N2CC2=O)n1. The summed E-state index contributed by atoms with van der Waals surface area (Å²) in [5.74, 6) is 0.341. The number of aromatic nitrogens is 2. The monoisotopic (exact) mass is 165 g/mol. The van der Waals surface area contributed by atoms with Crippen LogP contribution in [0.25, 0.3) is 0 Å². The molecule has 0 atom stereocenters. The number of aryl methyl sites for hydroxylation is 1. The molecule has 1 saturated heterocycles. The van der Waals surface area contributed by atoms with Gasteiger partial charge in [0.25, 0.3) is 5.56 Å². The van der Waals surface area contributed by atoms with Crippen molar-refractivity contribution in [1.29, 1.82) is 0 Å². The lowest BCUT2D eigenvalue weighted by Crippen LogP contribution is -2.12. The van der Waals surface area contributed by atoms with Crippen LogP contribution in [-0.4, -0.2) is 22.4 Å². The van der Waals surface area contributed by atoms with E-state index >= 15 is 0 Å². The normalized spacial score (nSPS) is 15.1. The molecule has 0 unspecified atom stereocenters. The van der Waals surface area contributed by atoms with Crippen molar-refractivity contribution in [1.82, 2.24) is 9.97 Å². The molecule has 0 bridgehead atoms. The van der Waals surface area contributed by atoms with Gasteiger partial charge in [-0.25, -0.2) is 4.98 Å². The van der Waals surface area contributed by atoms with Crippen LogP contribution in [0, 0.1) is 6.92 Å². The second kappa shape index (κ2) is 2.17. The van der Waals surface area contributed by atoms with Gasteiger partial charge in [-0.3, -0.25) is 19.5 Å². The summed E-state index contributed by atoms with van der Waals surface area (Å²) in [4.78, 5) is 29.5. The molecule has 12 heavy (non-hydrogen) atoms. The fourth-order valence-electron chi connectivity index (χ4n) is 0.984. The molecule has 0 radical (unpaired) electrons. The minimum absolute atomic E-state index is 0.0104. The summed E-state index contributed by atoms with van der Waals surface area (Å²) in [5.41, 5.74) is 0.394. The van der Waals surface area contributed by atoms with E-state index in [1.807, 2.05) is 0 Å². The van der Waals surface area contributed by atoms with Crippen LogP contribution in [0.5, 0.6) is 0 Å². The molecule has 2 heterocycles. The number of hydrogen-bond acceptors (Lipinski definition) is 3. The summed E-state index contributed by atoms with van der Waals surface area (Å²) >= 11 is 0. The Kier molecular flexibility index (Phi) is 1.27. The number of nitrogens with zero attached hydrogens (tertiary/aromatic N) is 2. The zero-order chi connectivity index (χ0) is 8.72. The lowest BCUT2D eigenvalue weighted by atomic mass is 10.4. The van der Waals surface area contributed by atoms with Gasteiger partial charge in [-0.15, -0.1) is 0 Å². The molecule has 1 aromatic rings.